The van der Waals surface area contributed by atoms with Gasteiger partial charge in [0.1, 0.15) is 5.82 Å². The number of benzene rings is 3. The van der Waals surface area contributed by atoms with Crippen molar-refractivity contribution in [2.24, 2.45) is 0 Å². The first-order valence-corrected chi connectivity index (χ1v) is 13.1. The molecule has 1 heterocycles. The third-order valence-electron chi connectivity index (χ3n) is 5.15. The van der Waals surface area contributed by atoms with Gasteiger partial charge in [0.05, 0.1) is 18.7 Å². The van der Waals surface area contributed by atoms with E-state index in [9.17, 15) is 5.11 Å². The summed E-state index contributed by atoms with van der Waals surface area (Å²) >= 11 is 3.36. The van der Waals surface area contributed by atoms with Crippen LogP contribution < -0.4 is 10.6 Å². The molecule has 0 fully saturated rings. The van der Waals surface area contributed by atoms with E-state index in [2.05, 4.69) is 22.8 Å². The van der Waals surface area contributed by atoms with E-state index in [-0.39, 0.29) is 13.2 Å². The fourth-order valence-corrected chi connectivity index (χ4v) is 5.12. The monoisotopic (exact) mass is 492 g/mol. The van der Waals surface area contributed by atoms with E-state index in [1.165, 1.54) is 0 Å². The topological polar surface area (TPSA) is 90.3 Å². The van der Waals surface area contributed by atoms with Crippen molar-refractivity contribution < 1.29 is 10.2 Å². The quantitative estimate of drug-likeness (QED) is 0.205. The first-order chi connectivity index (χ1) is 16.8. The smallest absolute Gasteiger partial charge is 0.225 e. The molecular formula is C26H28N4O2S2. The molecule has 3 aromatic carbocycles. The lowest BCUT2D eigenvalue weighted by Crippen LogP contribution is -2.10. The van der Waals surface area contributed by atoms with Crippen LogP contribution in [0.25, 0.3) is 10.9 Å². The van der Waals surface area contributed by atoms with Crippen molar-refractivity contribution in [2.45, 2.75) is 22.9 Å². The second-order valence-corrected chi connectivity index (χ2v) is 9.81. The zero-order valence-electron chi connectivity index (χ0n) is 18.8. The van der Waals surface area contributed by atoms with Crippen molar-refractivity contribution in [3.05, 3.63) is 83.9 Å². The molecule has 1 aromatic heterocycles. The van der Waals surface area contributed by atoms with Crippen molar-refractivity contribution in [3.8, 4) is 0 Å². The van der Waals surface area contributed by atoms with Crippen LogP contribution in [0.4, 0.5) is 11.8 Å². The Balaban J connectivity index is 1.50. The third-order valence-corrected chi connectivity index (χ3v) is 7.35. The molecule has 6 nitrogen and oxygen atoms in total. The first-order valence-electron chi connectivity index (χ1n) is 11.2. The Morgan fingerprint density at radius 3 is 2.24 bits per heavy atom. The predicted octanol–water partition coefficient (Wildman–Crippen LogP) is 5.02. The van der Waals surface area contributed by atoms with Crippen LogP contribution in [0, 0.1) is 0 Å². The number of aliphatic hydroxyl groups excluding tert-OH is 2. The molecule has 0 saturated carbocycles. The lowest BCUT2D eigenvalue weighted by atomic mass is 10.2. The number of rotatable bonds is 12. The number of nitrogens with zero attached hydrogens (tertiary/aromatic N) is 2. The summed E-state index contributed by atoms with van der Waals surface area (Å²) in [7, 11) is 0. The van der Waals surface area contributed by atoms with Crippen LogP contribution in [0.3, 0.4) is 0 Å². The molecule has 0 unspecified atom stereocenters. The fraction of sp³-hybridized carbons (Fsp3) is 0.231. The van der Waals surface area contributed by atoms with Gasteiger partial charge in [0.2, 0.25) is 5.95 Å². The van der Waals surface area contributed by atoms with Crippen LogP contribution in [0.15, 0.2) is 82.6 Å². The summed E-state index contributed by atoms with van der Waals surface area (Å²) in [5.74, 6) is 3.00. The van der Waals surface area contributed by atoms with Gasteiger partial charge in [-0.3, -0.25) is 0 Å². The number of aromatic nitrogens is 2. The highest BCUT2D eigenvalue weighted by atomic mass is 32.2. The highest BCUT2D eigenvalue weighted by molar-refractivity contribution is 7.99. The predicted molar refractivity (Wildman–Crippen MR) is 143 cm³/mol. The molecule has 4 rings (SSSR count). The largest absolute Gasteiger partial charge is 0.396 e. The highest BCUT2D eigenvalue weighted by Crippen LogP contribution is 2.33. The molecule has 0 spiro atoms. The van der Waals surface area contributed by atoms with Crippen LogP contribution in [-0.4, -0.2) is 44.8 Å². The van der Waals surface area contributed by atoms with Gasteiger partial charge in [-0.15, -0.1) is 0 Å². The molecule has 0 atom stereocenters. The molecule has 176 valence electrons. The van der Waals surface area contributed by atoms with E-state index in [1.54, 1.807) is 23.5 Å². The summed E-state index contributed by atoms with van der Waals surface area (Å²) in [6, 6.07) is 24.1. The highest BCUT2D eigenvalue weighted by Gasteiger charge is 2.10. The van der Waals surface area contributed by atoms with Gasteiger partial charge in [-0.25, -0.2) is 4.98 Å². The molecule has 0 aliphatic rings. The van der Waals surface area contributed by atoms with Gasteiger partial charge < -0.3 is 20.8 Å². The number of aliphatic hydroxyl groups is 2. The molecule has 0 saturated heterocycles. The van der Waals surface area contributed by atoms with Crippen LogP contribution in [0.5, 0.6) is 0 Å². The SMILES string of the molecule is OCCSCCNc1nc(NCc2ccccc2Sc2ccccc2CO)nc2ccccc12. The van der Waals surface area contributed by atoms with Crippen molar-refractivity contribution in [3.63, 3.8) is 0 Å². The number of fused-ring (bicyclic) bond motifs is 1. The minimum absolute atomic E-state index is 0.0167. The van der Waals surface area contributed by atoms with Gasteiger partial charge in [-0.05, 0) is 35.4 Å². The van der Waals surface area contributed by atoms with E-state index in [0.29, 0.717) is 12.5 Å². The second kappa shape index (κ2) is 12.6. The van der Waals surface area contributed by atoms with E-state index >= 15 is 0 Å². The lowest BCUT2D eigenvalue weighted by Gasteiger charge is -2.14. The summed E-state index contributed by atoms with van der Waals surface area (Å²) in [6.45, 7) is 1.55. The van der Waals surface area contributed by atoms with Gasteiger partial charge in [-0.1, -0.05) is 60.3 Å². The molecule has 0 bridgehead atoms. The van der Waals surface area contributed by atoms with Crippen molar-refractivity contribution >= 4 is 46.2 Å². The van der Waals surface area contributed by atoms with Crippen LogP contribution >= 0.6 is 23.5 Å². The second-order valence-electron chi connectivity index (χ2n) is 7.50. The van der Waals surface area contributed by atoms with Crippen LogP contribution in [0.2, 0.25) is 0 Å². The molecule has 4 aromatic rings. The Morgan fingerprint density at radius 2 is 1.44 bits per heavy atom. The van der Waals surface area contributed by atoms with E-state index < -0.39 is 0 Å². The van der Waals surface area contributed by atoms with E-state index in [0.717, 1.165) is 55.7 Å². The molecule has 8 heteroatoms. The molecule has 34 heavy (non-hydrogen) atoms. The van der Waals surface area contributed by atoms with Crippen molar-refractivity contribution in [1.82, 2.24) is 9.97 Å². The number of thioether (sulfide) groups is 1. The van der Waals surface area contributed by atoms with Gasteiger partial charge >= 0.3 is 0 Å². The third kappa shape index (κ3) is 6.42. The van der Waals surface area contributed by atoms with Crippen molar-refractivity contribution in [2.75, 3.05) is 35.3 Å². The zero-order chi connectivity index (χ0) is 23.6. The molecule has 0 aliphatic carbocycles. The van der Waals surface area contributed by atoms with Gasteiger partial charge in [0, 0.05) is 39.8 Å². The summed E-state index contributed by atoms with van der Waals surface area (Å²) in [4.78, 5) is 11.6. The maximum absolute atomic E-state index is 9.67. The van der Waals surface area contributed by atoms with Crippen molar-refractivity contribution in [1.29, 1.82) is 0 Å². The summed E-state index contributed by atoms with van der Waals surface area (Å²) < 4.78 is 0. The number of anilines is 2. The summed E-state index contributed by atoms with van der Waals surface area (Å²) in [5, 5.41) is 26.4. The van der Waals surface area contributed by atoms with Gasteiger partial charge in [0.15, 0.2) is 0 Å². The van der Waals surface area contributed by atoms with Crippen LogP contribution in [-0.2, 0) is 13.2 Å². The van der Waals surface area contributed by atoms with E-state index in [1.807, 2.05) is 60.7 Å². The minimum Gasteiger partial charge on any atom is -0.396 e. The zero-order valence-corrected chi connectivity index (χ0v) is 20.4. The Kier molecular flexibility index (Phi) is 9.04. The number of hydrogen-bond donors (Lipinski definition) is 4. The molecule has 0 radical (unpaired) electrons. The fourth-order valence-electron chi connectivity index (χ4n) is 3.47. The van der Waals surface area contributed by atoms with Crippen LogP contribution in [0.1, 0.15) is 11.1 Å². The normalized spacial score (nSPS) is 11.0. The van der Waals surface area contributed by atoms with Gasteiger partial charge in [-0.2, -0.15) is 16.7 Å². The Bertz CT molecular complexity index is 1220. The van der Waals surface area contributed by atoms with E-state index in [4.69, 9.17) is 15.1 Å². The van der Waals surface area contributed by atoms with Gasteiger partial charge in [0.25, 0.3) is 0 Å². The Morgan fingerprint density at radius 1 is 0.735 bits per heavy atom. The number of nitrogens with one attached hydrogen (secondary N) is 2. The Labute approximate surface area is 208 Å². The standard InChI is InChI=1S/C26H28N4O2S2/c31-14-16-33-15-13-27-25-21-9-3-4-10-22(21)29-26(30-25)28-17-19-7-1-5-11-23(19)34-24-12-6-2-8-20(24)18-32/h1-12,31-32H,13-18H2,(H2,27,28,29,30). The first kappa shape index (κ1) is 24.3. The molecular weight excluding hydrogens is 464 g/mol. The molecule has 0 amide bonds. The molecule has 4 N–H and O–H groups in total. The maximum atomic E-state index is 9.67. The minimum atomic E-state index is 0.0167. The lowest BCUT2D eigenvalue weighted by molar-refractivity contribution is 0.279. The summed E-state index contributed by atoms with van der Waals surface area (Å²) in [6.07, 6.45) is 0. The maximum Gasteiger partial charge on any atom is 0.225 e. The average molecular weight is 493 g/mol. The number of para-hydroxylation sites is 1. The Hall–Kier alpha value is -2.78. The summed E-state index contributed by atoms with van der Waals surface area (Å²) in [5.41, 5.74) is 2.93. The number of hydrogen-bond acceptors (Lipinski definition) is 8. The average Bonchev–Trinajstić information content (AvgIpc) is 2.88. The molecule has 0 aliphatic heterocycles.